The van der Waals surface area contributed by atoms with Crippen molar-refractivity contribution < 1.29 is 19.1 Å². The fourth-order valence-electron chi connectivity index (χ4n) is 3.86. The minimum atomic E-state index is -0.596. The van der Waals surface area contributed by atoms with Crippen molar-refractivity contribution in [3.05, 3.63) is 53.6 Å². The monoisotopic (exact) mass is 435 g/mol. The van der Waals surface area contributed by atoms with Crippen molar-refractivity contribution in [2.24, 2.45) is 0 Å². The average Bonchev–Trinajstić information content (AvgIpc) is 2.77. The molecule has 1 saturated heterocycles. The molecule has 0 bridgehead atoms. The number of hydrogen-bond acceptors (Lipinski definition) is 5. The summed E-state index contributed by atoms with van der Waals surface area (Å²) in [6.45, 7) is 6.30. The minimum absolute atomic E-state index is 0.209. The summed E-state index contributed by atoms with van der Waals surface area (Å²) < 4.78 is 10.7. The third-order valence-corrected chi connectivity index (χ3v) is 5.23. The molecule has 32 heavy (non-hydrogen) atoms. The Bertz CT molecular complexity index is 1020. The largest absolute Gasteiger partial charge is 0.495 e. The molecule has 0 unspecified atom stereocenters. The molecule has 1 atom stereocenters. The summed E-state index contributed by atoms with van der Waals surface area (Å²) in [5, 5.41) is 12.7. The van der Waals surface area contributed by atoms with Gasteiger partial charge in [-0.25, -0.2) is 4.79 Å². The summed E-state index contributed by atoms with van der Waals surface area (Å²) in [7, 11) is 1.48. The van der Waals surface area contributed by atoms with Crippen LogP contribution in [0.25, 0.3) is 11.1 Å². The van der Waals surface area contributed by atoms with Crippen LogP contribution in [0.15, 0.2) is 42.5 Å². The van der Waals surface area contributed by atoms with Crippen LogP contribution < -0.4 is 10.1 Å². The molecule has 0 aliphatic carbocycles. The van der Waals surface area contributed by atoms with E-state index in [2.05, 4.69) is 11.4 Å². The summed E-state index contributed by atoms with van der Waals surface area (Å²) in [5.41, 5.74) is 1.45. The average molecular weight is 436 g/mol. The zero-order valence-electron chi connectivity index (χ0n) is 19.0. The van der Waals surface area contributed by atoms with Crippen LogP contribution in [0.1, 0.15) is 49.5 Å². The van der Waals surface area contributed by atoms with Gasteiger partial charge in [0.2, 0.25) is 0 Å². The van der Waals surface area contributed by atoms with Gasteiger partial charge >= 0.3 is 6.09 Å². The first-order valence-electron chi connectivity index (χ1n) is 10.7. The molecule has 1 N–H and O–H groups in total. The van der Waals surface area contributed by atoms with Crippen molar-refractivity contribution in [2.75, 3.05) is 20.2 Å². The number of benzene rings is 2. The van der Waals surface area contributed by atoms with E-state index >= 15 is 0 Å². The Hall–Kier alpha value is -3.53. The van der Waals surface area contributed by atoms with Crippen molar-refractivity contribution in [2.45, 2.75) is 45.3 Å². The molecule has 168 valence electrons. The molecule has 0 saturated carbocycles. The number of amides is 2. The lowest BCUT2D eigenvalue weighted by Gasteiger charge is -2.34. The second kappa shape index (κ2) is 9.73. The second-order valence-corrected chi connectivity index (χ2v) is 8.78. The van der Waals surface area contributed by atoms with Crippen LogP contribution >= 0.6 is 0 Å². The highest BCUT2D eigenvalue weighted by molar-refractivity contribution is 6.04. The minimum Gasteiger partial charge on any atom is -0.495 e. The van der Waals surface area contributed by atoms with Crippen LogP contribution in [0.4, 0.5) is 4.79 Å². The van der Waals surface area contributed by atoms with E-state index in [1.165, 1.54) is 7.11 Å². The molecular formula is C25H29N3O4. The van der Waals surface area contributed by atoms with Gasteiger partial charge in [-0.1, -0.05) is 30.3 Å². The standard InChI is InChI=1S/C25H29N3O4/c1-25(2,3)32-24(30)27-18-11-8-14-28(16-18)23(29)22-19(17-9-6-5-7-10-17)12-13-21(31-4)20(22)15-26/h5-7,9-10,12-13,18H,8,11,14,16H2,1-4H3,(H,27,30)/t18-/m1/s1. The summed E-state index contributed by atoms with van der Waals surface area (Å²) in [4.78, 5) is 27.6. The Morgan fingerprint density at radius 2 is 1.88 bits per heavy atom. The molecule has 2 aromatic rings. The molecule has 0 spiro atoms. The molecule has 1 aliphatic rings. The van der Waals surface area contributed by atoms with Crippen molar-refractivity contribution in [1.29, 1.82) is 5.26 Å². The third kappa shape index (κ3) is 5.38. The zero-order chi connectivity index (χ0) is 23.3. The first-order valence-corrected chi connectivity index (χ1v) is 10.7. The number of methoxy groups -OCH3 is 1. The number of ether oxygens (including phenoxy) is 2. The van der Waals surface area contributed by atoms with Crippen molar-refractivity contribution in [3.8, 4) is 22.9 Å². The van der Waals surface area contributed by atoms with Gasteiger partial charge in [0.25, 0.3) is 5.91 Å². The van der Waals surface area contributed by atoms with E-state index in [-0.39, 0.29) is 17.5 Å². The highest BCUT2D eigenvalue weighted by Crippen LogP contribution is 2.33. The number of piperidine rings is 1. The van der Waals surface area contributed by atoms with Gasteiger partial charge in [-0.3, -0.25) is 4.79 Å². The Kier molecular flexibility index (Phi) is 7.04. The van der Waals surface area contributed by atoms with Gasteiger partial charge in [0, 0.05) is 19.1 Å². The fraction of sp³-hybridized carbons (Fsp3) is 0.400. The number of nitriles is 1. The van der Waals surface area contributed by atoms with E-state index in [1.54, 1.807) is 31.7 Å². The lowest BCUT2D eigenvalue weighted by molar-refractivity contribution is 0.0452. The van der Waals surface area contributed by atoms with Gasteiger partial charge in [0.15, 0.2) is 0 Å². The molecule has 7 heteroatoms. The van der Waals surface area contributed by atoms with Crippen LogP contribution in [-0.2, 0) is 4.74 Å². The summed E-state index contributed by atoms with van der Waals surface area (Å²) in [6, 6.07) is 14.9. The Labute approximate surface area is 188 Å². The quantitative estimate of drug-likeness (QED) is 0.770. The maximum Gasteiger partial charge on any atom is 0.407 e. The molecule has 1 heterocycles. The number of alkyl carbamates (subject to hydrolysis) is 1. The number of carbonyl (C=O) groups excluding carboxylic acids is 2. The van der Waals surface area contributed by atoms with Gasteiger partial charge in [0.05, 0.1) is 12.7 Å². The van der Waals surface area contributed by atoms with Crippen LogP contribution in [0.5, 0.6) is 5.75 Å². The zero-order valence-corrected chi connectivity index (χ0v) is 19.0. The lowest BCUT2D eigenvalue weighted by atomic mass is 9.93. The number of hydrogen-bond donors (Lipinski definition) is 1. The first kappa shape index (κ1) is 23.1. The number of likely N-dealkylation sites (tertiary alicyclic amines) is 1. The van der Waals surface area contributed by atoms with Gasteiger partial charge in [-0.2, -0.15) is 5.26 Å². The normalized spacial score (nSPS) is 16.1. The van der Waals surface area contributed by atoms with Gasteiger partial charge < -0.3 is 19.7 Å². The molecule has 0 radical (unpaired) electrons. The van der Waals surface area contributed by atoms with Crippen LogP contribution in [-0.4, -0.2) is 48.7 Å². The summed E-state index contributed by atoms with van der Waals surface area (Å²) >= 11 is 0. The first-order chi connectivity index (χ1) is 15.2. The van der Waals surface area contributed by atoms with Crippen LogP contribution in [0.3, 0.4) is 0 Å². The molecule has 2 aromatic carbocycles. The Balaban J connectivity index is 1.91. The van der Waals surface area contributed by atoms with E-state index in [4.69, 9.17) is 9.47 Å². The number of carbonyl (C=O) groups is 2. The molecule has 3 rings (SSSR count). The topological polar surface area (TPSA) is 91.7 Å². The maximum atomic E-state index is 13.7. The van der Waals surface area contributed by atoms with E-state index in [0.717, 1.165) is 18.4 Å². The molecule has 2 amide bonds. The Morgan fingerprint density at radius 1 is 1.16 bits per heavy atom. The van der Waals surface area contributed by atoms with E-state index < -0.39 is 11.7 Å². The SMILES string of the molecule is COc1ccc(-c2ccccc2)c(C(=O)N2CCC[C@@H](NC(=O)OC(C)(C)C)C2)c1C#N. The Morgan fingerprint density at radius 3 is 2.50 bits per heavy atom. The smallest absolute Gasteiger partial charge is 0.407 e. The second-order valence-electron chi connectivity index (χ2n) is 8.78. The summed E-state index contributed by atoms with van der Waals surface area (Å²) in [6.07, 6.45) is 0.983. The predicted octanol–water partition coefficient (Wildman–Crippen LogP) is 4.36. The van der Waals surface area contributed by atoms with Crippen molar-refractivity contribution >= 4 is 12.0 Å². The molecule has 7 nitrogen and oxygen atoms in total. The highest BCUT2D eigenvalue weighted by atomic mass is 16.6. The number of nitrogens with zero attached hydrogens (tertiary/aromatic N) is 2. The van der Waals surface area contributed by atoms with E-state index in [1.807, 2.05) is 36.4 Å². The van der Waals surface area contributed by atoms with E-state index in [0.29, 0.717) is 30.0 Å². The van der Waals surface area contributed by atoms with Gasteiger partial charge in [-0.15, -0.1) is 0 Å². The highest BCUT2D eigenvalue weighted by Gasteiger charge is 2.30. The summed E-state index contributed by atoms with van der Waals surface area (Å²) in [5.74, 6) is 0.103. The van der Waals surface area contributed by atoms with Crippen LogP contribution in [0.2, 0.25) is 0 Å². The van der Waals surface area contributed by atoms with Crippen molar-refractivity contribution in [3.63, 3.8) is 0 Å². The number of rotatable bonds is 4. The number of nitrogens with one attached hydrogen (secondary N) is 1. The predicted molar refractivity (Wildman–Crippen MR) is 121 cm³/mol. The third-order valence-electron chi connectivity index (χ3n) is 5.23. The van der Waals surface area contributed by atoms with Gasteiger partial charge in [-0.05, 0) is 56.9 Å². The molecule has 1 aliphatic heterocycles. The molecule has 0 aromatic heterocycles. The molecular weight excluding hydrogens is 406 g/mol. The van der Waals surface area contributed by atoms with Crippen LogP contribution in [0, 0.1) is 11.3 Å². The van der Waals surface area contributed by atoms with Gasteiger partial charge in [0.1, 0.15) is 23.0 Å². The molecule has 1 fully saturated rings. The van der Waals surface area contributed by atoms with E-state index in [9.17, 15) is 14.9 Å². The van der Waals surface area contributed by atoms with Crippen molar-refractivity contribution in [1.82, 2.24) is 10.2 Å². The maximum absolute atomic E-state index is 13.7. The fourth-order valence-corrected chi connectivity index (χ4v) is 3.86. The lowest BCUT2D eigenvalue weighted by Crippen LogP contribution is -2.50.